The van der Waals surface area contributed by atoms with Gasteiger partial charge in [-0.3, -0.25) is 14.5 Å². The number of amides is 2. The van der Waals surface area contributed by atoms with Crippen LogP contribution in [0.15, 0.2) is 0 Å². The highest BCUT2D eigenvalue weighted by Gasteiger charge is 2.63. The van der Waals surface area contributed by atoms with Gasteiger partial charge < -0.3 is 25.0 Å². The minimum Gasteiger partial charge on any atom is -0.379 e. The Morgan fingerprint density at radius 2 is 1.91 bits per heavy atom. The molecular formula is C26H43N4O4+. The van der Waals surface area contributed by atoms with Crippen LogP contribution in [0.4, 0.5) is 0 Å². The summed E-state index contributed by atoms with van der Waals surface area (Å²) in [6, 6.07) is 1.46. The molecule has 0 aromatic rings. The predicted octanol–water partition coefficient (Wildman–Crippen LogP) is -0.0286. The number of carbonyl (C=O) groups is 2. The molecule has 2 saturated carbocycles. The molecule has 6 rings (SSSR count). The summed E-state index contributed by atoms with van der Waals surface area (Å²) in [6.45, 7) is 6.35. The maximum Gasteiger partial charge on any atom is 0.246 e. The van der Waals surface area contributed by atoms with Crippen LogP contribution in [0.5, 0.6) is 0 Å². The molecule has 0 bridgehead atoms. The number of hydrogen-bond acceptors (Lipinski definition) is 5. The zero-order chi connectivity index (χ0) is 23.1. The van der Waals surface area contributed by atoms with E-state index in [-0.39, 0.29) is 24.5 Å². The van der Waals surface area contributed by atoms with Crippen LogP contribution in [0.3, 0.4) is 0 Å². The van der Waals surface area contributed by atoms with Crippen molar-refractivity contribution in [1.82, 2.24) is 15.1 Å². The molecule has 8 atom stereocenters. The van der Waals surface area contributed by atoms with E-state index in [0.29, 0.717) is 48.3 Å². The van der Waals surface area contributed by atoms with Crippen molar-refractivity contribution >= 4 is 11.8 Å². The number of quaternary nitrogens is 1. The van der Waals surface area contributed by atoms with Crippen molar-refractivity contribution in [2.24, 2.45) is 23.7 Å². The molecule has 0 spiro atoms. The molecule has 0 radical (unpaired) electrons. The molecule has 34 heavy (non-hydrogen) atoms. The number of carbonyl (C=O) groups excluding carboxylic acids is 2. The summed E-state index contributed by atoms with van der Waals surface area (Å²) in [4.78, 5) is 30.8. The third kappa shape index (κ3) is 4.29. The lowest BCUT2D eigenvalue weighted by molar-refractivity contribution is -0.713. The zero-order valence-electron chi connectivity index (χ0n) is 20.5. The highest BCUT2D eigenvalue weighted by Crippen LogP contribution is 2.52. The summed E-state index contributed by atoms with van der Waals surface area (Å²) in [7, 11) is 0. The molecule has 2 aliphatic carbocycles. The van der Waals surface area contributed by atoms with E-state index in [9.17, 15) is 9.59 Å². The average molecular weight is 476 g/mol. The lowest BCUT2D eigenvalue weighted by Crippen LogP contribution is -2.98. The summed E-state index contributed by atoms with van der Waals surface area (Å²) >= 11 is 0. The lowest BCUT2D eigenvalue weighted by Gasteiger charge is -2.50. The molecule has 8 nitrogen and oxygen atoms in total. The van der Waals surface area contributed by atoms with Gasteiger partial charge in [-0.25, -0.2) is 0 Å². The Morgan fingerprint density at radius 3 is 2.79 bits per heavy atom. The maximum absolute atomic E-state index is 13.7. The van der Waals surface area contributed by atoms with Gasteiger partial charge >= 0.3 is 0 Å². The molecule has 3 N–H and O–H groups in total. The van der Waals surface area contributed by atoms with Crippen molar-refractivity contribution in [3.63, 3.8) is 0 Å². The Bertz CT molecular complexity index is 759. The van der Waals surface area contributed by atoms with Gasteiger partial charge in [-0.2, -0.15) is 0 Å². The second-order valence-electron chi connectivity index (χ2n) is 11.6. The van der Waals surface area contributed by atoms with E-state index in [2.05, 4.69) is 20.4 Å². The number of hydrogen-bond donors (Lipinski definition) is 2. The van der Waals surface area contributed by atoms with Crippen molar-refractivity contribution in [2.75, 3.05) is 52.5 Å². The van der Waals surface area contributed by atoms with Crippen molar-refractivity contribution in [2.45, 2.75) is 75.6 Å². The SMILES string of the molecule is O=C(COC1CCC2C(C1)C1CC[NH2+]C3C4CCCCC4C(=O)N2C13)NCCN1CCOCC1. The smallest absolute Gasteiger partial charge is 0.246 e. The van der Waals surface area contributed by atoms with Gasteiger partial charge in [0.05, 0.1) is 31.9 Å². The standard InChI is InChI=1S/C26H42N4O4/c31-23(27-9-10-29-11-13-33-14-12-29)16-34-17-5-6-22-21(15-17)19-7-8-28-24-18-3-1-2-4-20(18)26(32)30(22)25(19)24/h17-22,24-25,28H,1-16H2,(H,27,31)/p+1. The Kier molecular flexibility index (Phi) is 6.84. The quantitative estimate of drug-likeness (QED) is 0.564. The van der Waals surface area contributed by atoms with Gasteiger partial charge in [-0.1, -0.05) is 12.8 Å². The largest absolute Gasteiger partial charge is 0.379 e. The van der Waals surface area contributed by atoms with Crippen molar-refractivity contribution < 1.29 is 24.4 Å². The lowest BCUT2D eigenvalue weighted by atomic mass is 9.66. The van der Waals surface area contributed by atoms with Crippen LogP contribution >= 0.6 is 0 Å². The van der Waals surface area contributed by atoms with Crippen LogP contribution in [0.2, 0.25) is 0 Å². The minimum absolute atomic E-state index is 0.00851. The molecule has 8 heteroatoms. The molecular weight excluding hydrogens is 432 g/mol. The molecule has 6 fully saturated rings. The molecule has 0 aromatic heterocycles. The Morgan fingerprint density at radius 1 is 1.06 bits per heavy atom. The summed E-state index contributed by atoms with van der Waals surface area (Å²) in [6.07, 6.45) is 9.26. The first-order chi connectivity index (χ1) is 16.7. The van der Waals surface area contributed by atoms with Gasteiger partial charge in [-0.05, 0) is 43.9 Å². The van der Waals surface area contributed by atoms with Gasteiger partial charge in [0.25, 0.3) is 0 Å². The molecule has 8 unspecified atom stereocenters. The van der Waals surface area contributed by atoms with E-state index < -0.39 is 0 Å². The van der Waals surface area contributed by atoms with E-state index in [0.717, 1.165) is 58.5 Å². The molecule has 4 aliphatic heterocycles. The van der Waals surface area contributed by atoms with Crippen LogP contribution in [0, 0.1) is 23.7 Å². The number of nitrogens with one attached hydrogen (secondary N) is 1. The Hall–Kier alpha value is -1.22. The van der Waals surface area contributed by atoms with E-state index >= 15 is 0 Å². The third-order valence-electron chi connectivity index (χ3n) is 10.0. The van der Waals surface area contributed by atoms with E-state index in [4.69, 9.17) is 9.47 Å². The molecule has 6 aliphatic rings. The van der Waals surface area contributed by atoms with Crippen molar-refractivity contribution in [1.29, 1.82) is 0 Å². The van der Waals surface area contributed by atoms with E-state index in [1.54, 1.807) is 0 Å². The highest BCUT2D eigenvalue weighted by atomic mass is 16.5. The minimum atomic E-state index is -0.00851. The number of piperidine rings is 2. The van der Waals surface area contributed by atoms with Gasteiger partial charge in [0, 0.05) is 50.5 Å². The number of nitrogens with zero attached hydrogens (tertiary/aromatic N) is 2. The average Bonchev–Trinajstić information content (AvgIpc) is 3.21. The fourth-order valence-corrected chi connectivity index (χ4v) is 8.54. The molecule has 0 aromatic carbocycles. The molecule has 4 saturated heterocycles. The monoisotopic (exact) mass is 475 g/mol. The normalized spacial score (nSPS) is 42.0. The van der Waals surface area contributed by atoms with Crippen LogP contribution in [0.25, 0.3) is 0 Å². The van der Waals surface area contributed by atoms with Crippen LogP contribution < -0.4 is 10.6 Å². The van der Waals surface area contributed by atoms with Gasteiger partial charge in [0.15, 0.2) is 0 Å². The fraction of sp³-hybridized carbons (Fsp3) is 0.923. The Balaban J connectivity index is 1.03. The first-order valence-corrected chi connectivity index (χ1v) is 14.0. The topological polar surface area (TPSA) is 87.7 Å². The Labute approximate surface area is 203 Å². The first kappa shape index (κ1) is 23.2. The van der Waals surface area contributed by atoms with Gasteiger partial charge in [-0.15, -0.1) is 0 Å². The van der Waals surface area contributed by atoms with E-state index in [1.807, 2.05) is 0 Å². The van der Waals surface area contributed by atoms with Crippen LogP contribution in [0.1, 0.15) is 51.4 Å². The number of ether oxygens (including phenoxy) is 2. The zero-order valence-corrected chi connectivity index (χ0v) is 20.5. The highest BCUT2D eigenvalue weighted by molar-refractivity contribution is 5.82. The third-order valence-corrected chi connectivity index (χ3v) is 10.0. The number of rotatable bonds is 6. The van der Waals surface area contributed by atoms with Crippen molar-refractivity contribution in [3.05, 3.63) is 0 Å². The predicted molar refractivity (Wildman–Crippen MR) is 126 cm³/mol. The summed E-state index contributed by atoms with van der Waals surface area (Å²) < 4.78 is 11.5. The maximum atomic E-state index is 13.7. The van der Waals surface area contributed by atoms with Crippen LogP contribution in [-0.2, 0) is 19.1 Å². The second-order valence-corrected chi connectivity index (χ2v) is 11.6. The van der Waals surface area contributed by atoms with Gasteiger partial charge in [0.2, 0.25) is 11.8 Å². The molecule has 4 heterocycles. The molecule has 2 amide bonds. The number of fused-ring (bicyclic) bond motifs is 5. The number of nitrogens with two attached hydrogens (primary N) is 1. The first-order valence-electron chi connectivity index (χ1n) is 14.0. The number of morpholine rings is 1. The summed E-state index contributed by atoms with van der Waals surface area (Å²) in [5.74, 6) is 2.52. The fourth-order valence-electron chi connectivity index (χ4n) is 8.54. The van der Waals surface area contributed by atoms with E-state index in [1.165, 1.54) is 32.2 Å². The van der Waals surface area contributed by atoms with Crippen molar-refractivity contribution in [3.8, 4) is 0 Å². The van der Waals surface area contributed by atoms with Crippen LogP contribution in [-0.4, -0.2) is 98.4 Å². The second kappa shape index (κ2) is 10.0. The molecule has 190 valence electrons. The summed E-state index contributed by atoms with van der Waals surface area (Å²) in [5.41, 5.74) is 0. The van der Waals surface area contributed by atoms with Gasteiger partial charge in [0.1, 0.15) is 12.6 Å². The summed E-state index contributed by atoms with van der Waals surface area (Å²) in [5, 5.41) is 5.62.